The molecule has 0 saturated carbocycles. The Morgan fingerprint density at radius 1 is 1.39 bits per heavy atom. The van der Waals surface area contributed by atoms with E-state index < -0.39 is 33.4 Å². The van der Waals surface area contributed by atoms with Crippen molar-refractivity contribution in [2.45, 2.75) is 31.4 Å². The average Bonchev–Trinajstić information content (AvgIpc) is 2.45. The third-order valence-corrected chi connectivity index (χ3v) is 4.01. The van der Waals surface area contributed by atoms with Gasteiger partial charge in [0, 0.05) is 5.56 Å². The Bertz CT molecular complexity index is 698. The molecule has 1 aromatic carbocycles. The molecule has 128 valence electrons. The lowest BCUT2D eigenvalue weighted by molar-refractivity contribution is -0.152. The van der Waals surface area contributed by atoms with Gasteiger partial charge in [-0.3, -0.25) is 0 Å². The van der Waals surface area contributed by atoms with Gasteiger partial charge < -0.3 is 13.7 Å². The fourth-order valence-electron chi connectivity index (χ4n) is 2.03. The van der Waals surface area contributed by atoms with Crippen molar-refractivity contribution in [3.8, 4) is 11.5 Å². The van der Waals surface area contributed by atoms with Crippen molar-refractivity contribution in [1.82, 2.24) is 0 Å². The van der Waals surface area contributed by atoms with Gasteiger partial charge in [0.2, 0.25) is 0 Å². The lowest BCUT2D eigenvalue weighted by atomic mass is 10.0. The van der Waals surface area contributed by atoms with Crippen molar-refractivity contribution in [1.29, 1.82) is 0 Å². The third kappa shape index (κ3) is 3.69. The van der Waals surface area contributed by atoms with E-state index in [9.17, 15) is 26.4 Å². The van der Waals surface area contributed by atoms with Gasteiger partial charge in [0.05, 0.1) is 6.61 Å². The Hall–Kier alpha value is -1.97. The monoisotopic (exact) mass is 354 g/mol. The lowest BCUT2D eigenvalue weighted by Gasteiger charge is -2.25. The number of alkyl halides is 3. The summed E-state index contributed by atoms with van der Waals surface area (Å²) in [7, 11) is -5.77. The number of ether oxygens (including phenoxy) is 2. The standard InChI is InChI=1S/C13H13F3O6S/c1-2-20-12(17)11-7-6-8-9(21-11)4-3-5-10(8)22-23(18,19)13(14,15)16/h3-5,11H,2,6-7H2,1H3. The van der Waals surface area contributed by atoms with Crippen LogP contribution in [0.25, 0.3) is 0 Å². The Morgan fingerprint density at radius 3 is 2.70 bits per heavy atom. The van der Waals surface area contributed by atoms with Gasteiger partial charge >= 0.3 is 21.6 Å². The number of fused-ring (bicyclic) bond motifs is 1. The summed E-state index contributed by atoms with van der Waals surface area (Å²) in [6, 6.07) is 3.78. The predicted octanol–water partition coefficient (Wildman–Crippen LogP) is 2.17. The summed E-state index contributed by atoms with van der Waals surface area (Å²) < 4.78 is 73.7. The Labute approximate surface area is 130 Å². The van der Waals surface area contributed by atoms with Crippen LogP contribution in [0.1, 0.15) is 18.9 Å². The van der Waals surface area contributed by atoms with Gasteiger partial charge in [-0.2, -0.15) is 21.6 Å². The summed E-state index contributed by atoms with van der Waals surface area (Å²) >= 11 is 0. The highest BCUT2D eigenvalue weighted by Crippen LogP contribution is 2.37. The maximum absolute atomic E-state index is 12.4. The molecule has 0 amide bonds. The SMILES string of the molecule is CCOC(=O)C1CCc2c(cccc2OS(=O)(=O)C(F)(F)F)O1. The minimum absolute atomic E-state index is 0.0872. The molecule has 1 atom stereocenters. The third-order valence-electron chi connectivity index (χ3n) is 3.05. The highest BCUT2D eigenvalue weighted by Gasteiger charge is 2.49. The number of hydrogen-bond acceptors (Lipinski definition) is 6. The maximum atomic E-state index is 12.4. The van der Waals surface area contributed by atoms with Gasteiger partial charge in [-0.15, -0.1) is 0 Å². The molecule has 0 bridgehead atoms. The van der Waals surface area contributed by atoms with Crippen molar-refractivity contribution in [3.63, 3.8) is 0 Å². The highest BCUT2D eigenvalue weighted by molar-refractivity contribution is 7.88. The molecule has 0 saturated heterocycles. The second kappa shape index (κ2) is 6.26. The van der Waals surface area contributed by atoms with Crippen LogP contribution >= 0.6 is 0 Å². The van der Waals surface area contributed by atoms with E-state index in [2.05, 4.69) is 4.18 Å². The minimum Gasteiger partial charge on any atom is -0.478 e. The van der Waals surface area contributed by atoms with E-state index in [1.54, 1.807) is 6.92 Å². The van der Waals surface area contributed by atoms with E-state index in [0.29, 0.717) is 0 Å². The van der Waals surface area contributed by atoms with Crippen LogP contribution in [-0.2, 0) is 26.1 Å². The molecule has 0 radical (unpaired) electrons. The van der Waals surface area contributed by atoms with Crippen molar-refractivity contribution in [2.24, 2.45) is 0 Å². The van der Waals surface area contributed by atoms with E-state index in [0.717, 1.165) is 6.07 Å². The summed E-state index contributed by atoms with van der Waals surface area (Å²) in [5, 5.41) is 0. The zero-order valence-electron chi connectivity index (χ0n) is 11.9. The first-order valence-electron chi connectivity index (χ1n) is 6.61. The number of carbonyl (C=O) groups excluding carboxylic acids is 1. The molecule has 0 aromatic heterocycles. The normalized spacial score (nSPS) is 17.8. The first-order valence-corrected chi connectivity index (χ1v) is 8.02. The summed E-state index contributed by atoms with van der Waals surface area (Å²) in [6.07, 6.45) is -0.641. The Balaban J connectivity index is 2.25. The van der Waals surface area contributed by atoms with Gasteiger partial charge in [-0.05, 0) is 31.9 Å². The van der Waals surface area contributed by atoms with E-state index in [-0.39, 0.29) is 30.8 Å². The number of esters is 1. The molecular weight excluding hydrogens is 341 g/mol. The molecular formula is C13H13F3O6S. The first kappa shape index (κ1) is 17.4. The molecule has 0 spiro atoms. The molecule has 1 aliphatic rings. The molecule has 0 fully saturated rings. The Kier molecular flexibility index (Phi) is 4.73. The first-order chi connectivity index (χ1) is 10.7. The topological polar surface area (TPSA) is 78.9 Å². The molecule has 2 rings (SSSR count). The van der Waals surface area contributed by atoms with Gasteiger partial charge in [-0.1, -0.05) is 6.07 Å². The molecule has 1 unspecified atom stereocenters. The smallest absolute Gasteiger partial charge is 0.478 e. The van der Waals surface area contributed by atoms with E-state index in [4.69, 9.17) is 9.47 Å². The second-order valence-electron chi connectivity index (χ2n) is 4.61. The summed E-state index contributed by atoms with van der Waals surface area (Å²) in [6.45, 7) is 1.79. The minimum atomic E-state index is -5.77. The van der Waals surface area contributed by atoms with Crippen molar-refractivity contribution >= 4 is 16.1 Å². The van der Waals surface area contributed by atoms with E-state index >= 15 is 0 Å². The zero-order valence-corrected chi connectivity index (χ0v) is 12.7. The quantitative estimate of drug-likeness (QED) is 0.468. The van der Waals surface area contributed by atoms with Gasteiger partial charge in [0.25, 0.3) is 0 Å². The molecule has 10 heteroatoms. The van der Waals surface area contributed by atoms with Crippen LogP contribution in [0.3, 0.4) is 0 Å². The van der Waals surface area contributed by atoms with Crippen molar-refractivity contribution < 1.29 is 40.0 Å². The number of benzene rings is 1. The Morgan fingerprint density at radius 2 is 2.09 bits per heavy atom. The summed E-state index contributed by atoms with van der Waals surface area (Å²) in [4.78, 5) is 11.6. The van der Waals surface area contributed by atoms with Crippen LogP contribution in [0, 0.1) is 0 Å². The van der Waals surface area contributed by atoms with Crippen LogP contribution in [0.5, 0.6) is 11.5 Å². The van der Waals surface area contributed by atoms with Gasteiger partial charge in [0.1, 0.15) is 11.5 Å². The number of carbonyl (C=O) groups is 1. The molecule has 1 aliphatic heterocycles. The number of hydrogen-bond donors (Lipinski definition) is 0. The molecule has 0 aliphatic carbocycles. The highest BCUT2D eigenvalue weighted by atomic mass is 32.2. The predicted molar refractivity (Wildman–Crippen MR) is 71.4 cm³/mol. The van der Waals surface area contributed by atoms with Crippen molar-refractivity contribution in [3.05, 3.63) is 23.8 Å². The van der Waals surface area contributed by atoms with Crippen LogP contribution in [0.4, 0.5) is 13.2 Å². The van der Waals surface area contributed by atoms with Crippen molar-refractivity contribution in [2.75, 3.05) is 6.61 Å². The van der Waals surface area contributed by atoms with E-state index in [1.807, 2.05) is 0 Å². The number of rotatable bonds is 4. The molecule has 1 aromatic rings. The van der Waals surface area contributed by atoms with E-state index in [1.165, 1.54) is 12.1 Å². The zero-order chi connectivity index (χ0) is 17.3. The van der Waals surface area contributed by atoms with Crippen LogP contribution in [0.2, 0.25) is 0 Å². The maximum Gasteiger partial charge on any atom is 0.534 e. The van der Waals surface area contributed by atoms with Crippen LogP contribution in [-0.4, -0.2) is 32.6 Å². The average molecular weight is 354 g/mol. The summed E-state index contributed by atoms with van der Waals surface area (Å²) in [5.41, 5.74) is -5.38. The molecule has 23 heavy (non-hydrogen) atoms. The lowest BCUT2D eigenvalue weighted by Crippen LogP contribution is -2.33. The van der Waals surface area contributed by atoms with Crippen LogP contribution in [0.15, 0.2) is 18.2 Å². The van der Waals surface area contributed by atoms with Crippen LogP contribution < -0.4 is 8.92 Å². The fraction of sp³-hybridized carbons (Fsp3) is 0.462. The molecule has 1 heterocycles. The van der Waals surface area contributed by atoms with Gasteiger partial charge in [0.15, 0.2) is 6.10 Å². The molecule has 0 N–H and O–H groups in total. The fourth-order valence-corrected chi connectivity index (χ4v) is 2.52. The number of halogens is 3. The summed E-state index contributed by atoms with van der Waals surface area (Å²) in [5.74, 6) is -0.973. The van der Waals surface area contributed by atoms with Gasteiger partial charge in [-0.25, -0.2) is 4.79 Å². The largest absolute Gasteiger partial charge is 0.534 e. The second-order valence-corrected chi connectivity index (χ2v) is 6.15. The molecule has 6 nitrogen and oxygen atoms in total.